The molecule has 0 aromatic rings. The molecule has 0 amide bonds. The van der Waals surface area contributed by atoms with Gasteiger partial charge in [0.05, 0.1) is 11.6 Å². The molecule has 4 nitrogen and oxygen atoms in total. The van der Waals surface area contributed by atoms with Crippen LogP contribution in [0.4, 0.5) is 0 Å². The van der Waals surface area contributed by atoms with E-state index in [1.54, 1.807) is 30.4 Å². The van der Waals surface area contributed by atoms with Crippen LogP contribution in [0.3, 0.4) is 0 Å². The second kappa shape index (κ2) is 2.73. The zero-order valence-electron chi connectivity index (χ0n) is 7.21. The standard InChI is InChI=1S/C9H10N2O2/c1-11-8-6(5-10-11)3-2-4-7(8)9(12)13/h2-6,8H,1H3,(H,12,13). The maximum absolute atomic E-state index is 10.9. The van der Waals surface area contributed by atoms with E-state index < -0.39 is 5.97 Å². The van der Waals surface area contributed by atoms with Crippen LogP contribution in [0.1, 0.15) is 0 Å². The second-order valence-electron chi connectivity index (χ2n) is 3.17. The second-order valence-corrected chi connectivity index (χ2v) is 3.17. The lowest BCUT2D eigenvalue weighted by Gasteiger charge is -2.25. The van der Waals surface area contributed by atoms with Gasteiger partial charge < -0.3 is 5.11 Å². The molecule has 1 N–H and O–H groups in total. The lowest BCUT2D eigenvalue weighted by atomic mass is 9.90. The molecular formula is C9H10N2O2. The highest BCUT2D eigenvalue weighted by molar-refractivity contribution is 5.90. The average molecular weight is 178 g/mol. The third kappa shape index (κ3) is 1.14. The van der Waals surface area contributed by atoms with Crippen molar-refractivity contribution in [3.63, 3.8) is 0 Å². The third-order valence-corrected chi connectivity index (χ3v) is 2.36. The monoisotopic (exact) mass is 178 g/mol. The van der Waals surface area contributed by atoms with Crippen LogP contribution < -0.4 is 0 Å². The molecule has 0 radical (unpaired) electrons. The van der Waals surface area contributed by atoms with Gasteiger partial charge in [-0.25, -0.2) is 4.79 Å². The molecule has 1 aliphatic carbocycles. The number of hydrogen-bond acceptors (Lipinski definition) is 3. The summed E-state index contributed by atoms with van der Waals surface area (Å²) < 4.78 is 0. The highest BCUT2D eigenvalue weighted by Crippen LogP contribution is 2.27. The molecular weight excluding hydrogens is 168 g/mol. The van der Waals surface area contributed by atoms with Crippen LogP contribution in [-0.2, 0) is 4.79 Å². The maximum Gasteiger partial charge on any atom is 0.333 e. The molecule has 2 aliphatic rings. The number of carbonyl (C=O) groups is 1. The van der Waals surface area contributed by atoms with Crippen molar-refractivity contribution in [3.8, 4) is 0 Å². The van der Waals surface area contributed by atoms with Crippen molar-refractivity contribution >= 4 is 12.2 Å². The first-order chi connectivity index (χ1) is 6.20. The van der Waals surface area contributed by atoms with Gasteiger partial charge in [-0.05, 0) is 6.08 Å². The SMILES string of the molecule is CN1N=CC2C=CC=C(C(=O)O)C21. The summed E-state index contributed by atoms with van der Waals surface area (Å²) in [6.07, 6.45) is 7.14. The zero-order chi connectivity index (χ0) is 9.42. The lowest BCUT2D eigenvalue weighted by molar-refractivity contribution is -0.133. The number of likely N-dealkylation sites (N-methyl/N-ethyl adjacent to an activating group) is 1. The quantitative estimate of drug-likeness (QED) is 0.635. The Kier molecular flexibility index (Phi) is 1.69. The van der Waals surface area contributed by atoms with Crippen molar-refractivity contribution in [1.82, 2.24) is 5.01 Å². The molecule has 0 saturated heterocycles. The van der Waals surface area contributed by atoms with Gasteiger partial charge in [-0.15, -0.1) is 0 Å². The molecule has 2 atom stereocenters. The molecule has 0 saturated carbocycles. The van der Waals surface area contributed by atoms with E-state index in [1.165, 1.54) is 0 Å². The summed E-state index contributed by atoms with van der Waals surface area (Å²) in [5, 5.41) is 14.7. The van der Waals surface area contributed by atoms with Gasteiger partial charge in [-0.3, -0.25) is 5.01 Å². The third-order valence-electron chi connectivity index (χ3n) is 2.36. The van der Waals surface area contributed by atoms with Gasteiger partial charge in [0.25, 0.3) is 0 Å². The highest BCUT2D eigenvalue weighted by Gasteiger charge is 2.34. The first-order valence-electron chi connectivity index (χ1n) is 4.09. The van der Waals surface area contributed by atoms with E-state index in [1.807, 2.05) is 6.08 Å². The molecule has 0 spiro atoms. The summed E-state index contributed by atoms with van der Waals surface area (Å²) in [6.45, 7) is 0. The van der Waals surface area contributed by atoms with E-state index in [4.69, 9.17) is 5.11 Å². The fraction of sp³-hybridized carbons (Fsp3) is 0.333. The molecule has 2 rings (SSSR count). The molecule has 0 fully saturated rings. The first-order valence-corrected chi connectivity index (χ1v) is 4.09. The summed E-state index contributed by atoms with van der Waals surface area (Å²) in [5.41, 5.74) is 0.410. The Labute approximate surface area is 75.8 Å². The topological polar surface area (TPSA) is 52.9 Å². The van der Waals surface area contributed by atoms with E-state index in [9.17, 15) is 4.79 Å². The van der Waals surface area contributed by atoms with Gasteiger partial charge in [0, 0.05) is 19.2 Å². The number of hydrazone groups is 1. The van der Waals surface area contributed by atoms with E-state index in [-0.39, 0.29) is 12.0 Å². The maximum atomic E-state index is 10.9. The molecule has 2 unspecified atom stereocenters. The summed E-state index contributed by atoms with van der Waals surface area (Å²) in [6, 6.07) is -0.123. The van der Waals surface area contributed by atoms with Gasteiger partial charge in [0.2, 0.25) is 0 Å². The zero-order valence-corrected chi connectivity index (χ0v) is 7.21. The predicted molar refractivity (Wildman–Crippen MR) is 48.4 cm³/mol. The van der Waals surface area contributed by atoms with Gasteiger partial charge in [-0.2, -0.15) is 5.10 Å². The van der Waals surface area contributed by atoms with Crippen LogP contribution in [0.15, 0.2) is 28.9 Å². The minimum Gasteiger partial charge on any atom is -0.478 e. The Hall–Kier alpha value is -1.58. The van der Waals surface area contributed by atoms with Crippen molar-refractivity contribution in [2.24, 2.45) is 11.0 Å². The summed E-state index contributed by atoms with van der Waals surface area (Å²) >= 11 is 0. The number of allylic oxidation sites excluding steroid dienone is 2. The summed E-state index contributed by atoms with van der Waals surface area (Å²) in [4.78, 5) is 10.9. The van der Waals surface area contributed by atoms with E-state index in [0.29, 0.717) is 5.57 Å². The molecule has 1 aliphatic heterocycles. The Balaban J connectivity index is 2.34. The van der Waals surface area contributed by atoms with Crippen molar-refractivity contribution in [1.29, 1.82) is 0 Å². The molecule has 68 valence electrons. The minimum atomic E-state index is -0.864. The molecule has 13 heavy (non-hydrogen) atoms. The van der Waals surface area contributed by atoms with Crippen LogP contribution in [0, 0.1) is 5.92 Å². The van der Waals surface area contributed by atoms with E-state index in [0.717, 1.165) is 0 Å². The smallest absolute Gasteiger partial charge is 0.333 e. The van der Waals surface area contributed by atoms with Crippen LogP contribution in [0.2, 0.25) is 0 Å². The normalized spacial score (nSPS) is 30.2. The number of rotatable bonds is 1. The Morgan fingerprint density at radius 2 is 2.46 bits per heavy atom. The van der Waals surface area contributed by atoms with E-state index in [2.05, 4.69) is 5.10 Å². The van der Waals surface area contributed by atoms with Gasteiger partial charge in [0.1, 0.15) is 0 Å². The van der Waals surface area contributed by atoms with Crippen LogP contribution in [-0.4, -0.2) is 35.4 Å². The number of nitrogens with zero attached hydrogens (tertiary/aromatic N) is 2. The first kappa shape index (κ1) is 8.04. The summed E-state index contributed by atoms with van der Waals surface area (Å²) in [7, 11) is 1.79. The number of fused-ring (bicyclic) bond motifs is 1. The highest BCUT2D eigenvalue weighted by atomic mass is 16.4. The molecule has 1 heterocycles. The number of aliphatic carboxylic acids is 1. The molecule has 0 aromatic heterocycles. The minimum absolute atomic E-state index is 0.112. The fourth-order valence-electron chi connectivity index (χ4n) is 1.73. The van der Waals surface area contributed by atoms with Crippen molar-refractivity contribution in [2.45, 2.75) is 6.04 Å². The van der Waals surface area contributed by atoms with Gasteiger partial charge >= 0.3 is 5.97 Å². The fourth-order valence-corrected chi connectivity index (χ4v) is 1.73. The number of carboxylic acid groups (broad SMARTS) is 1. The average Bonchev–Trinajstić information content (AvgIpc) is 2.48. The molecule has 4 heteroatoms. The van der Waals surface area contributed by atoms with Gasteiger partial charge in [0.15, 0.2) is 0 Å². The molecule has 0 aromatic carbocycles. The summed E-state index contributed by atoms with van der Waals surface area (Å²) in [5.74, 6) is -0.752. The van der Waals surface area contributed by atoms with Crippen molar-refractivity contribution < 1.29 is 9.90 Å². The largest absolute Gasteiger partial charge is 0.478 e. The van der Waals surface area contributed by atoms with Crippen LogP contribution >= 0.6 is 0 Å². The van der Waals surface area contributed by atoms with Gasteiger partial charge in [-0.1, -0.05) is 12.2 Å². The predicted octanol–water partition coefficient (Wildman–Crippen LogP) is 0.483. The Morgan fingerprint density at radius 3 is 3.15 bits per heavy atom. The lowest BCUT2D eigenvalue weighted by Crippen LogP contribution is -2.34. The Morgan fingerprint density at radius 1 is 1.69 bits per heavy atom. The number of carboxylic acids is 1. The van der Waals surface area contributed by atoms with E-state index >= 15 is 0 Å². The van der Waals surface area contributed by atoms with Crippen molar-refractivity contribution in [2.75, 3.05) is 7.05 Å². The van der Waals surface area contributed by atoms with Crippen molar-refractivity contribution in [3.05, 3.63) is 23.8 Å². The number of hydrogen-bond donors (Lipinski definition) is 1. The van der Waals surface area contributed by atoms with Crippen LogP contribution in [0.25, 0.3) is 0 Å². The van der Waals surface area contributed by atoms with Crippen LogP contribution in [0.5, 0.6) is 0 Å². The Bertz CT molecular complexity index is 331. The molecule has 0 bridgehead atoms.